The Hall–Kier alpha value is -2.72. The van der Waals surface area contributed by atoms with Crippen LogP contribution in [-0.2, 0) is 4.79 Å². The second-order valence-electron chi connectivity index (χ2n) is 6.61. The smallest absolute Gasteiger partial charge is 0.243 e. The average molecular weight is 364 g/mol. The minimum absolute atomic E-state index is 0.0117. The standard InChI is InChI=1S/C21H18ClN3O/c1-13-6-5-9-15-10-16(20(22)24-19(13)15)12-23-25-21(26)18-11-17(18)14-7-3-2-4-8-14/h2-10,12,17-18H,11H2,1H3,(H,25,26)/t17-,18+/m0/s1. The van der Waals surface area contributed by atoms with Gasteiger partial charge in [0, 0.05) is 16.9 Å². The molecular weight excluding hydrogens is 346 g/mol. The van der Waals surface area contributed by atoms with E-state index >= 15 is 0 Å². The van der Waals surface area contributed by atoms with Crippen LogP contribution in [0.15, 0.2) is 59.7 Å². The maximum absolute atomic E-state index is 12.2. The quantitative estimate of drug-likeness (QED) is 0.423. The number of benzene rings is 2. The van der Waals surface area contributed by atoms with Crippen LogP contribution in [0.2, 0.25) is 5.15 Å². The van der Waals surface area contributed by atoms with Crippen molar-refractivity contribution in [3.8, 4) is 0 Å². The molecule has 4 rings (SSSR count). The molecule has 0 aliphatic heterocycles. The van der Waals surface area contributed by atoms with Crippen LogP contribution in [0, 0.1) is 12.8 Å². The first-order chi connectivity index (χ1) is 12.6. The molecule has 26 heavy (non-hydrogen) atoms. The molecule has 0 bridgehead atoms. The Bertz CT molecular complexity index is 1000. The third kappa shape index (κ3) is 3.33. The maximum atomic E-state index is 12.2. The van der Waals surface area contributed by atoms with Crippen molar-refractivity contribution in [2.75, 3.05) is 0 Å². The van der Waals surface area contributed by atoms with E-state index in [9.17, 15) is 4.79 Å². The van der Waals surface area contributed by atoms with E-state index in [2.05, 4.69) is 27.6 Å². The van der Waals surface area contributed by atoms with Gasteiger partial charge in [0.25, 0.3) is 0 Å². The van der Waals surface area contributed by atoms with E-state index in [4.69, 9.17) is 11.6 Å². The number of halogens is 1. The number of hydrogen-bond acceptors (Lipinski definition) is 3. The fourth-order valence-corrected chi connectivity index (χ4v) is 3.42. The summed E-state index contributed by atoms with van der Waals surface area (Å²) < 4.78 is 0. The highest BCUT2D eigenvalue weighted by Crippen LogP contribution is 2.47. The minimum Gasteiger partial charge on any atom is -0.273 e. The number of hydrazone groups is 1. The van der Waals surface area contributed by atoms with Crippen molar-refractivity contribution >= 4 is 34.6 Å². The predicted molar refractivity (Wildman–Crippen MR) is 105 cm³/mol. The minimum atomic E-state index is -0.0594. The van der Waals surface area contributed by atoms with Gasteiger partial charge >= 0.3 is 0 Å². The molecule has 2 atom stereocenters. The molecule has 130 valence electrons. The van der Waals surface area contributed by atoms with Gasteiger partial charge in [-0.05, 0) is 36.5 Å². The maximum Gasteiger partial charge on any atom is 0.243 e. The van der Waals surface area contributed by atoms with Gasteiger partial charge in [0.15, 0.2) is 0 Å². The molecule has 0 unspecified atom stereocenters. The lowest BCUT2D eigenvalue weighted by Gasteiger charge is -2.04. The van der Waals surface area contributed by atoms with E-state index in [0.29, 0.717) is 16.6 Å². The average Bonchev–Trinajstić information content (AvgIpc) is 3.45. The van der Waals surface area contributed by atoms with Crippen molar-refractivity contribution in [2.24, 2.45) is 11.0 Å². The molecule has 1 aromatic heterocycles. The molecule has 1 fully saturated rings. The molecule has 2 aromatic carbocycles. The molecular formula is C21H18ClN3O. The monoisotopic (exact) mass is 363 g/mol. The summed E-state index contributed by atoms with van der Waals surface area (Å²) in [4.78, 5) is 16.7. The van der Waals surface area contributed by atoms with Gasteiger partial charge in [-0.3, -0.25) is 4.79 Å². The molecule has 1 heterocycles. The van der Waals surface area contributed by atoms with E-state index in [0.717, 1.165) is 22.9 Å². The first-order valence-electron chi connectivity index (χ1n) is 8.57. The molecule has 0 spiro atoms. The number of aryl methyl sites for hydroxylation is 1. The van der Waals surface area contributed by atoms with E-state index < -0.39 is 0 Å². The van der Waals surface area contributed by atoms with Crippen LogP contribution in [-0.4, -0.2) is 17.1 Å². The number of pyridine rings is 1. The molecule has 1 N–H and O–H groups in total. The van der Waals surface area contributed by atoms with Gasteiger partial charge in [0.05, 0.1) is 11.7 Å². The van der Waals surface area contributed by atoms with Crippen LogP contribution in [0.25, 0.3) is 10.9 Å². The number of nitrogens with zero attached hydrogens (tertiary/aromatic N) is 2. The Morgan fingerprint density at radius 3 is 2.85 bits per heavy atom. The molecule has 1 saturated carbocycles. The lowest BCUT2D eigenvalue weighted by molar-refractivity contribution is -0.122. The third-order valence-corrected chi connectivity index (χ3v) is 5.06. The summed E-state index contributed by atoms with van der Waals surface area (Å²) in [6.45, 7) is 2.00. The normalized spacial score (nSPS) is 19.0. The van der Waals surface area contributed by atoms with Crippen LogP contribution < -0.4 is 5.43 Å². The molecule has 0 saturated heterocycles. The number of carbonyl (C=O) groups is 1. The first kappa shape index (κ1) is 16.7. The SMILES string of the molecule is Cc1cccc2cc(C=NNC(=O)[C@@H]3C[C@H]3c3ccccc3)c(Cl)nc12. The topological polar surface area (TPSA) is 54.4 Å². The van der Waals surface area contributed by atoms with Crippen molar-refractivity contribution in [3.05, 3.63) is 76.4 Å². The lowest BCUT2D eigenvalue weighted by atomic mass is 10.1. The molecule has 1 aliphatic carbocycles. The zero-order chi connectivity index (χ0) is 18.1. The number of fused-ring (bicyclic) bond motifs is 1. The van der Waals surface area contributed by atoms with Gasteiger partial charge in [0.1, 0.15) is 5.15 Å². The van der Waals surface area contributed by atoms with Crippen LogP contribution in [0.4, 0.5) is 0 Å². The van der Waals surface area contributed by atoms with Crippen molar-refractivity contribution < 1.29 is 4.79 Å². The highest BCUT2D eigenvalue weighted by molar-refractivity contribution is 6.32. The number of amides is 1. The number of hydrogen-bond donors (Lipinski definition) is 1. The first-order valence-corrected chi connectivity index (χ1v) is 8.95. The molecule has 4 nitrogen and oxygen atoms in total. The number of rotatable bonds is 4. The summed E-state index contributed by atoms with van der Waals surface area (Å²) in [5, 5.41) is 5.44. The Balaban J connectivity index is 1.44. The number of nitrogens with one attached hydrogen (secondary N) is 1. The van der Waals surface area contributed by atoms with E-state index in [-0.39, 0.29) is 11.8 Å². The summed E-state index contributed by atoms with van der Waals surface area (Å²) in [7, 11) is 0. The van der Waals surface area contributed by atoms with Crippen LogP contribution in [0.1, 0.15) is 29.0 Å². The van der Waals surface area contributed by atoms with Crippen molar-refractivity contribution in [2.45, 2.75) is 19.3 Å². The van der Waals surface area contributed by atoms with Crippen molar-refractivity contribution in [1.82, 2.24) is 10.4 Å². The van der Waals surface area contributed by atoms with Gasteiger partial charge in [-0.25, -0.2) is 10.4 Å². The van der Waals surface area contributed by atoms with Crippen LogP contribution in [0.5, 0.6) is 0 Å². The molecule has 1 aliphatic rings. The summed E-state index contributed by atoms with van der Waals surface area (Å²) in [6, 6.07) is 18.0. The Labute approximate surface area is 156 Å². The van der Waals surface area contributed by atoms with Crippen LogP contribution in [0.3, 0.4) is 0 Å². The zero-order valence-electron chi connectivity index (χ0n) is 14.3. The Morgan fingerprint density at radius 1 is 1.23 bits per heavy atom. The molecule has 3 aromatic rings. The van der Waals surface area contributed by atoms with Gasteiger partial charge in [0.2, 0.25) is 5.91 Å². The highest BCUT2D eigenvalue weighted by atomic mass is 35.5. The zero-order valence-corrected chi connectivity index (χ0v) is 15.1. The summed E-state index contributed by atoms with van der Waals surface area (Å²) in [5.41, 5.74) is 6.46. The fraction of sp³-hybridized carbons (Fsp3) is 0.190. The number of para-hydroxylation sites is 1. The molecule has 5 heteroatoms. The second-order valence-corrected chi connectivity index (χ2v) is 6.97. The summed E-state index contributed by atoms with van der Waals surface area (Å²) >= 11 is 6.25. The van der Waals surface area contributed by atoms with Gasteiger partial charge in [-0.1, -0.05) is 60.1 Å². The highest BCUT2D eigenvalue weighted by Gasteiger charge is 2.43. The van der Waals surface area contributed by atoms with Crippen molar-refractivity contribution in [3.63, 3.8) is 0 Å². The lowest BCUT2D eigenvalue weighted by Crippen LogP contribution is -2.20. The largest absolute Gasteiger partial charge is 0.273 e. The Kier molecular flexibility index (Phi) is 4.43. The van der Waals surface area contributed by atoms with Crippen molar-refractivity contribution in [1.29, 1.82) is 0 Å². The number of carbonyl (C=O) groups excluding carboxylic acids is 1. The predicted octanol–water partition coefficient (Wildman–Crippen LogP) is 4.45. The van der Waals surface area contributed by atoms with E-state index in [1.807, 2.05) is 49.4 Å². The number of aromatic nitrogens is 1. The molecule has 0 radical (unpaired) electrons. The van der Waals surface area contributed by atoms with Gasteiger partial charge in [-0.2, -0.15) is 5.10 Å². The summed E-state index contributed by atoms with van der Waals surface area (Å²) in [5.74, 6) is 0.221. The summed E-state index contributed by atoms with van der Waals surface area (Å²) in [6.07, 6.45) is 2.41. The third-order valence-electron chi connectivity index (χ3n) is 4.76. The van der Waals surface area contributed by atoms with Crippen LogP contribution >= 0.6 is 11.6 Å². The second kappa shape index (κ2) is 6.89. The van der Waals surface area contributed by atoms with Gasteiger partial charge in [-0.15, -0.1) is 0 Å². The molecule has 1 amide bonds. The van der Waals surface area contributed by atoms with E-state index in [1.165, 1.54) is 5.56 Å². The van der Waals surface area contributed by atoms with Gasteiger partial charge < -0.3 is 0 Å². The van der Waals surface area contributed by atoms with E-state index in [1.54, 1.807) is 6.21 Å². The fourth-order valence-electron chi connectivity index (χ4n) is 3.23. The Morgan fingerprint density at radius 2 is 2.04 bits per heavy atom.